The summed E-state index contributed by atoms with van der Waals surface area (Å²) in [5.41, 5.74) is 2.40. The largest absolute Gasteiger partial charge is 0.278 e. The zero-order valence-electron chi connectivity index (χ0n) is 14.2. The van der Waals surface area contributed by atoms with Crippen LogP contribution in [0.3, 0.4) is 0 Å². The Morgan fingerprint density at radius 2 is 1.35 bits per heavy atom. The van der Waals surface area contributed by atoms with Gasteiger partial charge in [0.25, 0.3) is 0 Å². The molecule has 4 nitrogen and oxygen atoms in total. The Bertz CT molecular complexity index is 997. The number of halogens is 2. The smallest absolute Gasteiger partial charge is 0.240 e. The number of fused-ring (bicyclic) bond motifs is 2. The maximum absolute atomic E-state index is 14.1. The molecule has 0 amide bonds. The second-order valence-electron chi connectivity index (χ2n) is 6.59. The average Bonchev–Trinajstić information content (AvgIpc) is 2.62. The number of para-hydroxylation sites is 2. The molecular weight excluding hydrogens is 334 g/mol. The molecule has 0 N–H and O–H groups in total. The van der Waals surface area contributed by atoms with Gasteiger partial charge in [-0.05, 0) is 23.3 Å². The zero-order valence-corrected chi connectivity index (χ0v) is 14.2. The SMILES string of the molecule is CC1(C)c2ccccc2N(c2nc(F)c(C#N)c(F)n2)c2ccccc21. The fourth-order valence-electron chi connectivity index (χ4n) is 3.47. The van der Waals surface area contributed by atoms with Crippen LogP contribution in [-0.2, 0) is 5.41 Å². The summed E-state index contributed by atoms with van der Waals surface area (Å²) in [4.78, 5) is 9.15. The molecule has 26 heavy (non-hydrogen) atoms. The third-order valence-electron chi connectivity index (χ3n) is 4.76. The Morgan fingerprint density at radius 1 is 0.885 bits per heavy atom. The molecule has 4 rings (SSSR count). The van der Waals surface area contributed by atoms with Gasteiger partial charge in [-0.25, -0.2) is 0 Å². The van der Waals surface area contributed by atoms with Gasteiger partial charge >= 0.3 is 0 Å². The molecule has 0 aliphatic carbocycles. The molecule has 1 aliphatic heterocycles. The van der Waals surface area contributed by atoms with Crippen molar-refractivity contribution in [1.29, 1.82) is 5.26 Å². The predicted molar refractivity (Wildman–Crippen MR) is 93.5 cm³/mol. The Balaban J connectivity index is 2.04. The highest BCUT2D eigenvalue weighted by molar-refractivity contribution is 5.83. The van der Waals surface area contributed by atoms with Crippen LogP contribution in [0.15, 0.2) is 48.5 Å². The summed E-state index contributed by atoms with van der Waals surface area (Å²) in [7, 11) is 0. The first-order valence-electron chi connectivity index (χ1n) is 8.07. The molecule has 0 fully saturated rings. The van der Waals surface area contributed by atoms with E-state index < -0.39 is 17.5 Å². The number of benzene rings is 2. The highest BCUT2D eigenvalue weighted by atomic mass is 19.1. The average molecular weight is 348 g/mol. The van der Waals surface area contributed by atoms with Crippen molar-refractivity contribution in [2.24, 2.45) is 0 Å². The van der Waals surface area contributed by atoms with E-state index in [1.807, 2.05) is 48.5 Å². The lowest BCUT2D eigenvalue weighted by Gasteiger charge is -2.40. The van der Waals surface area contributed by atoms with Gasteiger partial charge in [-0.2, -0.15) is 24.0 Å². The van der Waals surface area contributed by atoms with Crippen molar-refractivity contribution in [2.45, 2.75) is 19.3 Å². The van der Waals surface area contributed by atoms with Crippen molar-refractivity contribution in [3.05, 3.63) is 77.1 Å². The van der Waals surface area contributed by atoms with Crippen LogP contribution in [-0.4, -0.2) is 9.97 Å². The number of nitrogens with zero attached hydrogens (tertiary/aromatic N) is 4. The summed E-state index contributed by atoms with van der Waals surface area (Å²) in [6.45, 7) is 4.20. The molecule has 0 atom stereocenters. The third-order valence-corrected chi connectivity index (χ3v) is 4.76. The highest BCUT2D eigenvalue weighted by Gasteiger charge is 2.37. The van der Waals surface area contributed by atoms with E-state index >= 15 is 0 Å². The van der Waals surface area contributed by atoms with Crippen molar-refractivity contribution in [3.8, 4) is 6.07 Å². The van der Waals surface area contributed by atoms with Gasteiger partial charge in [0.05, 0.1) is 11.4 Å². The maximum Gasteiger partial charge on any atom is 0.240 e. The fraction of sp³-hybridized carbons (Fsp3) is 0.150. The molecule has 128 valence electrons. The van der Waals surface area contributed by atoms with Gasteiger partial charge < -0.3 is 0 Å². The van der Waals surface area contributed by atoms with E-state index in [1.54, 1.807) is 4.90 Å². The van der Waals surface area contributed by atoms with Crippen LogP contribution < -0.4 is 4.90 Å². The second kappa shape index (κ2) is 5.60. The molecule has 3 aromatic rings. The molecule has 0 bridgehead atoms. The number of rotatable bonds is 1. The molecule has 0 spiro atoms. The normalized spacial score (nSPS) is 14.3. The molecule has 0 saturated carbocycles. The number of hydrogen-bond donors (Lipinski definition) is 0. The highest BCUT2D eigenvalue weighted by Crippen LogP contribution is 2.50. The van der Waals surface area contributed by atoms with Crippen molar-refractivity contribution in [1.82, 2.24) is 9.97 Å². The van der Waals surface area contributed by atoms with E-state index in [0.717, 1.165) is 22.5 Å². The summed E-state index contributed by atoms with van der Waals surface area (Å²) in [6, 6.07) is 16.7. The maximum atomic E-state index is 14.1. The standard InChI is InChI=1S/C20H14F2N4/c1-20(2)13-7-3-5-9-15(13)26(16-10-6-4-8-14(16)20)19-24-17(21)12(11-23)18(22)25-19/h3-10H,1-2H3. The summed E-state index contributed by atoms with van der Waals surface area (Å²) in [6.07, 6.45) is 0. The summed E-state index contributed by atoms with van der Waals surface area (Å²) < 4.78 is 28.3. The van der Waals surface area contributed by atoms with E-state index in [0.29, 0.717) is 0 Å². The minimum Gasteiger partial charge on any atom is -0.278 e. The molecular formula is C20H14F2N4. The third kappa shape index (κ3) is 2.17. The van der Waals surface area contributed by atoms with Gasteiger partial charge in [-0.1, -0.05) is 50.2 Å². The molecule has 0 saturated heterocycles. The fourth-order valence-corrected chi connectivity index (χ4v) is 3.47. The van der Waals surface area contributed by atoms with Gasteiger partial charge in [0.2, 0.25) is 17.8 Å². The van der Waals surface area contributed by atoms with Gasteiger partial charge in [0.1, 0.15) is 6.07 Å². The van der Waals surface area contributed by atoms with Gasteiger partial charge in [0, 0.05) is 5.41 Å². The van der Waals surface area contributed by atoms with Crippen LogP contribution in [0.2, 0.25) is 0 Å². The van der Waals surface area contributed by atoms with Crippen LogP contribution in [0.5, 0.6) is 0 Å². The van der Waals surface area contributed by atoms with E-state index in [4.69, 9.17) is 5.26 Å². The minimum absolute atomic E-state index is 0.144. The lowest BCUT2D eigenvalue weighted by atomic mass is 9.74. The zero-order chi connectivity index (χ0) is 18.5. The summed E-state index contributed by atoms with van der Waals surface area (Å²) >= 11 is 0. The molecule has 1 aromatic heterocycles. The number of anilines is 3. The van der Waals surface area contributed by atoms with E-state index in [2.05, 4.69) is 23.8 Å². The van der Waals surface area contributed by atoms with Crippen molar-refractivity contribution < 1.29 is 8.78 Å². The van der Waals surface area contributed by atoms with Gasteiger partial charge in [-0.15, -0.1) is 0 Å². The quantitative estimate of drug-likeness (QED) is 0.596. The summed E-state index contributed by atoms with van der Waals surface area (Å²) in [5.74, 6) is -2.49. The van der Waals surface area contributed by atoms with Crippen molar-refractivity contribution in [3.63, 3.8) is 0 Å². The lowest BCUT2D eigenvalue weighted by molar-refractivity contribution is 0.519. The first-order chi connectivity index (χ1) is 12.4. The number of aromatic nitrogens is 2. The minimum atomic E-state index is -1.17. The molecule has 0 radical (unpaired) electrons. The first-order valence-corrected chi connectivity index (χ1v) is 8.07. The van der Waals surface area contributed by atoms with Gasteiger partial charge in [0.15, 0.2) is 5.56 Å². The monoisotopic (exact) mass is 348 g/mol. The van der Waals surface area contributed by atoms with Crippen LogP contribution >= 0.6 is 0 Å². The molecule has 6 heteroatoms. The van der Waals surface area contributed by atoms with E-state index in [9.17, 15) is 8.78 Å². The lowest BCUT2D eigenvalue weighted by Crippen LogP contribution is -2.31. The second-order valence-corrected chi connectivity index (χ2v) is 6.59. The Hall–Kier alpha value is -3.33. The Kier molecular flexibility index (Phi) is 3.48. The Labute approximate surface area is 149 Å². The van der Waals surface area contributed by atoms with Crippen LogP contribution in [0, 0.1) is 23.2 Å². The van der Waals surface area contributed by atoms with Crippen LogP contribution in [0.25, 0.3) is 0 Å². The molecule has 1 aliphatic rings. The molecule has 2 heterocycles. The van der Waals surface area contributed by atoms with E-state index in [1.165, 1.54) is 6.07 Å². The van der Waals surface area contributed by atoms with Crippen molar-refractivity contribution in [2.75, 3.05) is 4.90 Å². The topological polar surface area (TPSA) is 52.8 Å². The number of nitriles is 1. The number of hydrogen-bond acceptors (Lipinski definition) is 4. The first kappa shape index (κ1) is 16.2. The van der Waals surface area contributed by atoms with Crippen LogP contribution in [0.1, 0.15) is 30.5 Å². The summed E-state index contributed by atoms with van der Waals surface area (Å²) in [5, 5.41) is 8.86. The van der Waals surface area contributed by atoms with E-state index in [-0.39, 0.29) is 11.4 Å². The predicted octanol–water partition coefficient (Wildman–Crippen LogP) is 4.74. The van der Waals surface area contributed by atoms with Gasteiger partial charge in [-0.3, -0.25) is 4.90 Å². The molecule has 2 aromatic carbocycles. The molecule has 0 unspecified atom stereocenters. The van der Waals surface area contributed by atoms with Crippen LogP contribution in [0.4, 0.5) is 26.1 Å². The Morgan fingerprint density at radius 3 is 1.81 bits per heavy atom. The van der Waals surface area contributed by atoms with Crippen molar-refractivity contribution >= 4 is 17.3 Å².